The Hall–Kier alpha value is -2.23. The topological polar surface area (TPSA) is 117 Å². The van der Waals surface area contributed by atoms with Gasteiger partial charge < -0.3 is 20.9 Å². The highest BCUT2D eigenvalue weighted by Gasteiger charge is 2.18. The molecule has 1 heterocycles. The van der Waals surface area contributed by atoms with Crippen molar-refractivity contribution in [2.45, 2.75) is 19.4 Å². The fraction of sp³-hybridized carbons (Fsp3) is 0.529. The number of hydrogen-bond acceptors (Lipinski definition) is 6. The Labute approximate surface area is 164 Å². The number of nitrogens with zero attached hydrogens (tertiary/aromatic N) is 2. The van der Waals surface area contributed by atoms with Crippen molar-refractivity contribution < 1.29 is 14.5 Å². The summed E-state index contributed by atoms with van der Waals surface area (Å²) >= 11 is 0. The van der Waals surface area contributed by atoms with Gasteiger partial charge in [-0.2, -0.15) is 0 Å². The number of rotatable bonds is 8. The van der Waals surface area contributed by atoms with Gasteiger partial charge in [0.15, 0.2) is 0 Å². The minimum Gasteiger partial charge on any atom is -0.354 e. The predicted octanol–water partition coefficient (Wildman–Crippen LogP) is 0.546. The quantitative estimate of drug-likeness (QED) is 0.334. The Kier molecular flexibility index (Phi) is 9.70. The fourth-order valence-electron chi connectivity index (χ4n) is 2.71. The molecule has 1 aromatic carbocycles. The summed E-state index contributed by atoms with van der Waals surface area (Å²) in [4.78, 5) is 36.8. The van der Waals surface area contributed by atoms with Gasteiger partial charge in [-0.05, 0) is 26.0 Å². The molecule has 0 aromatic heterocycles. The van der Waals surface area contributed by atoms with Crippen LogP contribution in [-0.4, -0.2) is 66.9 Å². The molecule has 3 N–H and O–H groups in total. The van der Waals surface area contributed by atoms with Crippen molar-refractivity contribution in [2.24, 2.45) is 0 Å². The molecule has 150 valence electrons. The van der Waals surface area contributed by atoms with Crippen molar-refractivity contribution in [3.8, 4) is 0 Å². The molecule has 1 atom stereocenters. The second-order valence-electron chi connectivity index (χ2n) is 6.24. The molecule has 1 unspecified atom stereocenters. The van der Waals surface area contributed by atoms with Crippen LogP contribution in [0.1, 0.15) is 23.7 Å². The molecule has 1 aliphatic rings. The summed E-state index contributed by atoms with van der Waals surface area (Å²) in [6.07, 6.45) is 0.845. The number of non-ortho nitro benzene ring substituents is 1. The first-order valence-corrected chi connectivity index (χ1v) is 8.73. The van der Waals surface area contributed by atoms with Crippen molar-refractivity contribution in [1.82, 2.24) is 20.9 Å². The molecule has 1 aromatic rings. The second kappa shape index (κ2) is 11.5. The van der Waals surface area contributed by atoms with E-state index < -0.39 is 16.9 Å². The molecule has 2 amide bonds. The van der Waals surface area contributed by atoms with Crippen molar-refractivity contribution in [3.63, 3.8) is 0 Å². The minimum atomic E-state index is -0.721. The van der Waals surface area contributed by atoms with Crippen LogP contribution in [0.4, 0.5) is 5.69 Å². The maximum atomic E-state index is 12.1. The highest BCUT2D eigenvalue weighted by Crippen LogP contribution is 2.13. The number of piperazine rings is 1. The Morgan fingerprint density at radius 1 is 1.33 bits per heavy atom. The largest absolute Gasteiger partial charge is 0.354 e. The number of carbonyl (C=O) groups is 2. The Balaban J connectivity index is 0.00000364. The summed E-state index contributed by atoms with van der Waals surface area (Å²) in [5.41, 5.74) is -0.0137. The van der Waals surface area contributed by atoms with Gasteiger partial charge in [0.05, 0.1) is 4.92 Å². The van der Waals surface area contributed by atoms with Gasteiger partial charge in [-0.3, -0.25) is 19.7 Å². The average molecular weight is 400 g/mol. The van der Waals surface area contributed by atoms with E-state index in [2.05, 4.69) is 20.9 Å². The molecule has 2 rings (SSSR count). The Morgan fingerprint density at radius 3 is 2.70 bits per heavy atom. The number of benzene rings is 1. The van der Waals surface area contributed by atoms with Crippen molar-refractivity contribution in [2.75, 3.05) is 39.3 Å². The van der Waals surface area contributed by atoms with Crippen molar-refractivity contribution in [1.29, 1.82) is 0 Å². The second-order valence-corrected chi connectivity index (χ2v) is 6.24. The smallest absolute Gasteiger partial charge is 0.270 e. The number of hydrogen-bond donors (Lipinski definition) is 3. The van der Waals surface area contributed by atoms with Gasteiger partial charge in [-0.1, -0.05) is 6.07 Å². The lowest BCUT2D eigenvalue weighted by Crippen LogP contribution is -2.46. The zero-order valence-electron chi connectivity index (χ0n) is 15.3. The lowest BCUT2D eigenvalue weighted by Gasteiger charge is -2.27. The highest BCUT2D eigenvalue weighted by atomic mass is 35.5. The fourth-order valence-corrected chi connectivity index (χ4v) is 2.71. The zero-order valence-corrected chi connectivity index (χ0v) is 16.1. The van der Waals surface area contributed by atoms with E-state index in [0.717, 1.165) is 39.1 Å². The molecule has 27 heavy (non-hydrogen) atoms. The van der Waals surface area contributed by atoms with Gasteiger partial charge in [0, 0.05) is 50.4 Å². The van der Waals surface area contributed by atoms with Crippen LogP contribution >= 0.6 is 12.4 Å². The summed E-state index contributed by atoms with van der Waals surface area (Å²) in [7, 11) is 0. The third kappa shape index (κ3) is 7.49. The SMILES string of the molecule is CC(NC(=O)c1cccc([N+](=O)[O-])c1)C(=O)NCCCN1CCNCC1.Cl. The monoisotopic (exact) mass is 399 g/mol. The average Bonchev–Trinajstić information content (AvgIpc) is 2.65. The molecule has 9 nitrogen and oxygen atoms in total. The van der Waals surface area contributed by atoms with E-state index in [1.165, 1.54) is 24.3 Å². The summed E-state index contributed by atoms with van der Waals surface area (Å²) in [5, 5.41) is 19.4. The van der Waals surface area contributed by atoms with Gasteiger partial charge in [0.1, 0.15) is 6.04 Å². The first-order chi connectivity index (χ1) is 12.5. The van der Waals surface area contributed by atoms with Crippen molar-refractivity contribution in [3.05, 3.63) is 39.9 Å². The molecule has 0 spiro atoms. The lowest BCUT2D eigenvalue weighted by atomic mass is 10.1. The van der Waals surface area contributed by atoms with Crippen LogP contribution in [0.25, 0.3) is 0 Å². The van der Waals surface area contributed by atoms with E-state index in [-0.39, 0.29) is 29.6 Å². The lowest BCUT2D eigenvalue weighted by molar-refractivity contribution is -0.384. The minimum absolute atomic E-state index is 0. The molecule has 0 saturated carbocycles. The van der Waals surface area contributed by atoms with E-state index in [4.69, 9.17) is 0 Å². The summed E-state index contributed by atoms with van der Waals surface area (Å²) in [6, 6.07) is 4.69. The molecule has 0 aliphatic carbocycles. The maximum Gasteiger partial charge on any atom is 0.270 e. The molecule has 10 heteroatoms. The Bertz CT molecular complexity index is 652. The number of nitro groups is 1. The van der Waals surface area contributed by atoms with E-state index >= 15 is 0 Å². The molecular weight excluding hydrogens is 374 g/mol. The first kappa shape index (κ1) is 22.8. The number of halogens is 1. The molecule has 0 radical (unpaired) electrons. The van der Waals surface area contributed by atoms with Crippen LogP contribution in [0.15, 0.2) is 24.3 Å². The number of nitro benzene ring substituents is 1. The molecule has 1 fully saturated rings. The van der Waals surface area contributed by atoms with Crippen LogP contribution < -0.4 is 16.0 Å². The van der Waals surface area contributed by atoms with E-state index in [9.17, 15) is 19.7 Å². The normalized spacial score (nSPS) is 15.3. The van der Waals surface area contributed by atoms with E-state index in [1.54, 1.807) is 6.92 Å². The Morgan fingerprint density at radius 2 is 2.04 bits per heavy atom. The van der Waals surface area contributed by atoms with E-state index in [1.807, 2.05) is 0 Å². The highest BCUT2D eigenvalue weighted by molar-refractivity contribution is 5.97. The van der Waals surface area contributed by atoms with E-state index in [0.29, 0.717) is 6.54 Å². The molecular formula is C17H26ClN5O4. The van der Waals surface area contributed by atoms with Crippen LogP contribution in [-0.2, 0) is 4.79 Å². The third-order valence-corrected chi connectivity index (χ3v) is 4.22. The number of carbonyl (C=O) groups excluding carboxylic acids is 2. The predicted molar refractivity (Wildman–Crippen MR) is 104 cm³/mol. The van der Waals surface area contributed by atoms with Crippen molar-refractivity contribution >= 4 is 29.9 Å². The summed E-state index contributed by atoms with van der Waals surface area (Å²) in [6.45, 7) is 7.07. The van der Waals surface area contributed by atoms with Gasteiger partial charge in [-0.25, -0.2) is 0 Å². The standard InChI is InChI=1S/C17H25N5O4.ClH/c1-13(16(23)19-6-3-9-21-10-7-18-8-11-21)20-17(24)14-4-2-5-15(12-14)22(25)26;/h2,4-5,12-13,18H,3,6-11H2,1H3,(H,19,23)(H,20,24);1H. The van der Waals surface area contributed by atoms with Gasteiger partial charge >= 0.3 is 0 Å². The summed E-state index contributed by atoms with van der Waals surface area (Å²) in [5.74, 6) is -0.791. The summed E-state index contributed by atoms with van der Waals surface area (Å²) < 4.78 is 0. The van der Waals surface area contributed by atoms with Gasteiger partial charge in [-0.15, -0.1) is 12.4 Å². The van der Waals surface area contributed by atoms with Crippen LogP contribution in [0, 0.1) is 10.1 Å². The zero-order chi connectivity index (χ0) is 18.9. The first-order valence-electron chi connectivity index (χ1n) is 8.73. The molecule has 1 aliphatic heterocycles. The third-order valence-electron chi connectivity index (χ3n) is 4.22. The molecule has 1 saturated heterocycles. The van der Waals surface area contributed by atoms with Crippen LogP contribution in [0.2, 0.25) is 0 Å². The van der Waals surface area contributed by atoms with Crippen LogP contribution in [0.3, 0.4) is 0 Å². The molecule has 0 bridgehead atoms. The van der Waals surface area contributed by atoms with Crippen LogP contribution in [0.5, 0.6) is 0 Å². The van der Waals surface area contributed by atoms with Gasteiger partial charge in [0.2, 0.25) is 5.91 Å². The number of nitrogens with one attached hydrogen (secondary N) is 3. The number of amides is 2. The van der Waals surface area contributed by atoms with Gasteiger partial charge in [0.25, 0.3) is 11.6 Å². The maximum absolute atomic E-state index is 12.1.